The molecule has 1 N–H and O–H groups in total. The highest BCUT2D eigenvalue weighted by Crippen LogP contribution is 2.16. The van der Waals surface area contributed by atoms with Gasteiger partial charge in [-0.05, 0) is 12.3 Å². The maximum atomic E-state index is 11.9. The van der Waals surface area contributed by atoms with Crippen LogP contribution in [0.5, 0.6) is 0 Å². The molecule has 0 spiro atoms. The number of carboxylic acid groups (broad SMARTS) is 1. The summed E-state index contributed by atoms with van der Waals surface area (Å²) in [4.78, 5) is 11.0. The van der Waals surface area contributed by atoms with Crippen LogP contribution in [0.1, 0.15) is 59.3 Å². The first-order chi connectivity index (χ1) is 8.33. The van der Waals surface area contributed by atoms with Crippen LogP contribution in [0.2, 0.25) is 0 Å². The van der Waals surface area contributed by atoms with E-state index in [1.165, 1.54) is 6.42 Å². The molecule has 0 aliphatic carbocycles. The molecule has 0 radical (unpaired) electrons. The van der Waals surface area contributed by atoms with Crippen LogP contribution in [0.15, 0.2) is 0 Å². The zero-order chi connectivity index (χ0) is 14.2. The third kappa shape index (κ3) is 6.38. The fraction of sp³-hybridized carbons (Fsp3) is 0.923. The van der Waals surface area contributed by atoms with E-state index >= 15 is 0 Å². The lowest BCUT2D eigenvalue weighted by atomic mass is 10.1. The van der Waals surface area contributed by atoms with Crippen LogP contribution in [-0.4, -0.2) is 30.5 Å². The number of rotatable bonds is 10. The number of aliphatic carboxylic acids is 1. The van der Waals surface area contributed by atoms with E-state index in [0.717, 1.165) is 25.7 Å². The molecule has 1 atom stereocenters. The van der Waals surface area contributed by atoms with E-state index < -0.39 is 21.1 Å². The van der Waals surface area contributed by atoms with Gasteiger partial charge in [0.1, 0.15) is 0 Å². The normalized spacial score (nSPS) is 13.8. The van der Waals surface area contributed by atoms with Crippen molar-refractivity contribution in [3.63, 3.8) is 0 Å². The molecule has 0 bridgehead atoms. The zero-order valence-corrected chi connectivity index (χ0v) is 12.5. The highest BCUT2D eigenvalue weighted by Gasteiger charge is 2.34. The SMILES string of the molecule is CCCCCCCCS(=O)(=O)C(C(=O)O)C(C)C. The summed E-state index contributed by atoms with van der Waals surface area (Å²) >= 11 is 0. The molecule has 5 heteroatoms. The summed E-state index contributed by atoms with van der Waals surface area (Å²) in [5.74, 6) is -1.61. The largest absolute Gasteiger partial charge is 0.480 e. The predicted molar refractivity (Wildman–Crippen MR) is 73.4 cm³/mol. The fourth-order valence-electron chi connectivity index (χ4n) is 2.06. The minimum Gasteiger partial charge on any atom is -0.480 e. The van der Waals surface area contributed by atoms with Crippen LogP contribution < -0.4 is 0 Å². The minimum atomic E-state index is -3.51. The van der Waals surface area contributed by atoms with E-state index in [9.17, 15) is 13.2 Å². The molecule has 0 aliphatic rings. The maximum Gasteiger partial charge on any atom is 0.322 e. The molecule has 108 valence electrons. The summed E-state index contributed by atoms with van der Waals surface area (Å²) in [7, 11) is -3.51. The van der Waals surface area contributed by atoms with E-state index in [1.807, 2.05) is 0 Å². The average molecular weight is 278 g/mol. The van der Waals surface area contributed by atoms with Gasteiger partial charge in [-0.1, -0.05) is 52.9 Å². The molecule has 0 saturated heterocycles. The van der Waals surface area contributed by atoms with Crippen LogP contribution in [-0.2, 0) is 14.6 Å². The third-order valence-corrected chi connectivity index (χ3v) is 5.40. The Kier molecular flexibility index (Phi) is 8.24. The van der Waals surface area contributed by atoms with Crippen molar-refractivity contribution in [1.82, 2.24) is 0 Å². The standard InChI is InChI=1S/C13H26O4S/c1-4-5-6-7-8-9-10-18(16,17)12(11(2)3)13(14)15/h11-12H,4-10H2,1-3H3,(H,14,15). The van der Waals surface area contributed by atoms with Crippen molar-refractivity contribution in [2.75, 3.05) is 5.75 Å². The molecular weight excluding hydrogens is 252 g/mol. The summed E-state index contributed by atoms with van der Waals surface area (Å²) in [6.07, 6.45) is 5.93. The lowest BCUT2D eigenvalue weighted by molar-refractivity contribution is -0.137. The van der Waals surface area contributed by atoms with Gasteiger partial charge in [-0.15, -0.1) is 0 Å². The second kappa shape index (κ2) is 8.51. The molecule has 4 nitrogen and oxygen atoms in total. The summed E-state index contributed by atoms with van der Waals surface area (Å²) in [6, 6.07) is 0. The van der Waals surface area contributed by atoms with Crippen molar-refractivity contribution in [2.45, 2.75) is 64.5 Å². The van der Waals surface area contributed by atoms with Crippen molar-refractivity contribution < 1.29 is 18.3 Å². The Morgan fingerprint density at radius 1 is 1.06 bits per heavy atom. The van der Waals surface area contributed by atoms with E-state index in [2.05, 4.69) is 6.92 Å². The van der Waals surface area contributed by atoms with Gasteiger partial charge >= 0.3 is 5.97 Å². The van der Waals surface area contributed by atoms with Gasteiger partial charge in [-0.25, -0.2) is 8.42 Å². The fourth-order valence-corrected chi connectivity index (χ4v) is 4.06. The number of sulfone groups is 1. The van der Waals surface area contributed by atoms with Gasteiger partial charge < -0.3 is 5.11 Å². The Hall–Kier alpha value is -0.580. The third-order valence-electron chi connectivity index (χ3n) is 3.02. The van der Waals surface area contributed by atoms with Crippen molar-refractivity contribution in [2.24, 2.45) is 5.92 Å². The van der Waals surface area contributed by atoms with Gasteiger partial charge in [0.2, 0.25) is 0 Å². The predicted octanol–water partition coefficient (Wildman–Crippen LogP) is 2.87. The Morgan fingerprint density at radius 2 is 1.56 bits per heavy atom. The molecule has 0 aromatic carbocycles. The summed E-state index contributed by atoms with van der Waals surface area (Å²) in [5, 5.41) is 7.72. The van der Waals surface area contributed by atoms with Gasteiger partial charge in [0.15, 0.2) is 15.1 Å². The molecule has 0 aromatic heterocycles. The Labute approximate surface area is 111 Å². The molecule has 0 aliphatic heterocycles. The smallest absolute Gasteiger partial charge is 0.322 e. The second-order valence-electron chi connectivity index (χ2n) is 5.14. The molecule has 0 saturated carbocycles. The van der Waals surface area contributed by atoms with Crippen LogP contribution in [0.4, 0.5) is 0 Å². The van der Waals surface area contributed by atoms with Crippen LogP contribution in [0.3, 0.4) is 0 Å². The summed E-state index contributed by atoms with van der Waals surface area (Å²) < 4.78 is 23.8. The molecule has 0 amide bonds. The van der Waals surface area contributed by atoms with Crippen molar-refractivity contribution in [3.8, 4) is 0 Å². The van der Waals surface area contributed by atoms with Crippen LogP contribution >= 0.6 is 0 Å². The highest BCUT2D eigenvalue weighted by atomic mass is 32.2. The lowest BCUT2D eigenvalue weighted by Crippen LogP contribution is -2.36. The Bertz CT molecular complexity index is 333. The molecule has 1 unspecified atom stereocenters. The first-order valence-corrected chi connectivity index (χ1v) is 8.48. The number of hydrogen-bond acceptors (Lipinski definition) is 3. The average Bonchev–Trinajstić information content (AvgIpc) is 2.21. The molecular formula is C13H26O4S. The van der Waals surface area contributed by atoms with Crippen LogP contribution in [0.25, 0.3) is 0 Å². The van der Waals surface area contributed by atoms with Gasteiger partial charge in [0.05, 0.1) is 5.75 Å². The lowest BCUT2D eigenvalue weighted by Gasteiger charge is -2.16. The van der Waals surface area contributed by atoms with Gasteiger partial charge in [0.25, 0.3) is 0 Å². The van der Waals surface area contributed by atoms with Gasteiger partial charge in [-0.2, -0.15) is 0 Å². The number of unbranched alkanes of at least 4 members (excludes halogenated alkanes) is 5. The Morgan fingerprint density at radius 3 is 2.00 bits per heavy atom. The van der Waals surface area contributed by atoms with Crippen LogP contribution in [0, 0.1) is 5.92 Å². The van der Waals surface area contributed by atoms with E-state index in [4.69, 9.17) is 5.11 Å². The highest BCUT2D eigenvalue weighted by molar-refractivity contribution is 7.92. The number of carbonyl (C=O) groups is 1. The van der Waals surface area contributed by atoms with E-state index in [-0.39, 0.29) is 11.7 Å². The monoisotopic (exact) mass is 278 g/mol. The number of hydrogen-bond donors (Lipinski definition) is 1. The van der Waals surface area contributed by atoms with E-state index in [1.54, 1.807) is 13.8 Å². The zero-order valence-electron chi connectivity index (χ0n) is 11.7. The molecule has 0 heterocycles. The molecule has 0 rings (SSSR count). The van der Waals surface area contributed by atoms with E-state index in [0.29, 0.717) is 6.42 Å². The topological polar surface area (TPSA) is 71.4 Å². The molecule has 0 fully saturated rings. The maximum absolute atomic E-state index is 11.9. The molecule has 0 aromatic rings. The first kappa shape index (κ1) is 17.4. The quantitative estimate of drug-likeness (QED) is 0.624. The van der Waals surface area contributed by atoms with Gasteiger partial charge in [-0.3, -0.25) is 4.79 Å². The first-order valence-electron chi connectivity index (χ1n) is 6.77. The second-order valence-corrected chi connectivity index (χ2v) is 7.38. The van der Waals surface area contributed by atoms with Crippen molar-refractivity contribution in [3.05, 3.63) is 0 Å². The van der Waals surface area contributed by atoms with Crippen molar-refractivity contribution in [1.29, 1.82) is 0 Å². The molecule has 18 heavy (non-hydrogen) atoms. The number of carboxylic acids is 1. The Balaban J connectivity index is 4.17. The van der Waals surface area contributed by atoms with Crippen molar-refractivity contribution >= 4 is 15.8 Å². The minimum absolute atomic E-state index is 0.00568. The summed E-state index contributed by atoms with van der Waals surface area (Å²) in [5.41, 5.74) is 0. The summed E-state index contributed by atoms with van der Waals surface area (Å²) in [6.45, 7) is 5.40. The van der Waals surface area contributed by atoms with Gasteiger partial charge in [0, 0.05) is 0 Å².